The summed E-state index contributed by atoms with van der Waals surface area (Å²) >= 11 is 24.8. The summed E-state index contributed by atoms with van der Waals surface area (Å²) in [7, 11) is 3.90. The molecule has 0 aliphatic carbocycles. The van der Waals surface area contributed by atoms with Crippen LogP contribution in [0, 0.1) is 0 Å². The van der Waals surface area contributed by atoms with Gasteiger partial charge in [0.25, 0.3) is 0 Å². The van der Waals surface area contributed by atoms with Gasteiger partial charge in [0.15, 0.2) is 5.76 Å². The van der Waals surface area contributed by atoms with Crippen molar-refractivity contribution in [2.45, 2.75) is 33.1 Å². The Morgan fingerprint density at radius 1 is 0.750 bits per heavy atom. The second kappa shape index (κ2) is 20.0. The van der Waals surface area contributed by atoms with Gasteiger partial charge in [-0.1, -0.05) is 82.7 Å². The molecule has 0 saturated carbocycles. The molecule has 232 valence electrons. The van der Waals surface area contributed by atoms with E-state index in [0.29, 0.717) is 49.2 Å². The van der Waals surface area contributed by atoms with Crippen molar-refractivity contribution in [2.75, 3.05) is 14.1 Å². The lowest BCUT2D eigenvalue weighted by atomic mass is 10.0. The van der Waals surface area contributed by atoms with Crippen LogP contribution >= 0.6 is 46.4 Å². The number of rotatable bonds is 8. The first kappa shape index (κ1) is 38.0. The molecule has 0 bridgehead atoms. The second-order valence-corrected chi connectivity index (χ2v) is 10.2. The zero-order valence-corrected chi connectivity index (χ0v) is 27.1. The van der Waals surface area contributed by atoms with E-state index >= 15 is 0 Å². The number of nitrogens with zero attached hydrogens (tertiary/aromatic N) is 3. The Kier molecular flexibility index (Phi) is 17.3. The van der Waals surface area contributed by atoms with Gasteiger partial charge in [-0.15, -0.1) is 0 Å². The quantitative estimate of drug-likeness (QED) is 0.171. The molecule has 0 N–H and O–H groups in total. The molecule has 2 aromatic carbocycles. The minimum atomic E-state index is 0.207. The fraction of sp³-hybridized carbons (Fsp3) is 0.233. The Labute approximate surface area is 273 Å². The van der Waals surface area contributed by atoms with Crippen molar-refractivity contribution in [1.29, 1.82) is 0 Å². The fourth-order valence-electron chi connectivity index (χ4n) is 3.80. The van der Waals surface area contributed by atoms with Crippen LogP contribution in [0.5, 0.6) is 0 Å². The molecule has 0 radical (unpaired) electrons. The highest BCUT2D eigenvalue weighted by atomic mass is 35.5. The van der Waals surface area contributed by atoms with Crippen LogP contribution in [0.15, 0.2) is 51.6 Å². The molecule has 0 spiro atoms. The summed E-state index contributed by atoms with van der Waals surface area (Å²) < 4.78 is 10.6. The van der Waals surface area contributed by atoms with Crippen LogP contribution in [-0.2, 0) is 43.2 Å². The van der Waals surface area contributed by atoms with Crippen LogP contribution < -0.4 is 0 Å². The van der Waals surface area contributed by atoms with E-state index in [0.717, 1.165) is 35.2 Å². The van der Waals surface area contributed by atoms with Crippen molar-refractivity contribution < 1.29 is 33.0 Å². The van der Waals surface area contributed by atoms with Crippen LogP contribution in [0.4, 0.5) is 0 Å². The normalized spacial score (nSPS) is 9.82. The van der Waals surface area contributed by atoms with E-state index in [1.165, 1.54) is 0 Å². The predicted octanol–water partition coefficient (Wildman–Crippen LogP) is 7.53. The highest BCUT2D eigenvalue weighted by molar-refractivity contribution is 6.39. The molecular formula is C30H27Cl4N3O7. The number of hydrogen-bond donors (Lipinski definition) is 0. The van der Waals surface area contributed by atoms with Crippen LogP contribution in [0.2, 0.25) is 20.1 Å². The molecule has 0 aliphatic rings. The third kappa shape index (κ3) is 10.6. The van der Waals surface area contributed by atoms with Gasteiger partial charge in [0.2, 0.25) is 0 Å². The van der Waals surface area contributed by atoms with Gasteiger partial charge < -0.3 is 18.7 Å². The Hall–Kier alpha value is -4.01. The topological polar surface area (TPSA) is 141 Å². The van der Waals surface area contributed by atoms with Crippen LogP contribution in [0.3, 0.4) is 0 Å². The highest BCUT2D eigenvalue weighted by Gasteiger charge is 2.20. The molecular weight excluding hydrogens is 656 g/mol. The summed E-state index contributed by atoms with van der Waals surface area (Å²) in [5.41, 5.74) is 4.57. The molecule has 0 amide bonds. The number of halogens is 4. The van der Waals surface area contributed by atoms with Gasteiger partial charge in [0.1, 0.15) is 23.4 Å². The molecule has 4 aromatic rings. The van der Waals surface area contributed by atoms with E-state index in [1.807, 2.05) is 51.2 Å². The molecule has 4 rings (SSSR count). The SMILES string of the molecule is CCc1c(-c2c(Cl)cccc2Cl)noc1/C=C/N(C)C.CCc1c(-c2c(Cl)cccc2Cl)noc1CC=O.O=C=O.O=C=O. The van der Waals surface area contributed by atoms with Crippen molar-refractivity contribution in [3.8, 4) is 22.5 Å². The van der Waals surface area contributed by atoms with Crippen molar-refractivity contribution in [1.82, 2.24) is 15.2 Å². The molecule has 2 aromatic heterocycles. The molecule has 44 heavy (non-hydrogen) atoms. The first-order chi connectivity index (χ1) is 21.1. The first-order valence-corrected chi connectivity index (χ1v) is 14.2. The van der Waals surface area contributed by atoms with Crippen LogP contribution in [0.1, 0.15) is 36.5 Å². The van der Waals surface area contributed by atoms with Crippen molar-refractivity contribution in [2.24, 2.45) is 0 Å². The molecule has 14 heteroatoms. The number of carbonyl (C=O) groups is 1. The van der Waals surface area contributed by atoms with E-state index < -0.39 is 0 Å². The predicted molar refractivity (Wildman–Crippen MR) is 165 cm³/mol. The zero-order chi connectivity index (χ0) is 33.2. The van der Waals surface area contributed by atoms with Crippen molar-refractivity contribution in [3.05, 3.63) is 85.3 Å². The summed E-state index contributed by atoms with van der Waals surface area (Å²) in [6, 6.07) is 10.7. The number of hydrogen-bond acceptors (Lipinski definition) is 10. The lowest BCUT2D eigenvalue weighted by Gasteiger charge is -2.05. The summed E-state index contributed by atoms with van der Waals surface area (Å²) in [5.74, 6) is 1.30. The number of carbonyl (C=O) groups excluding carboxylic acids is 5. The average molecular weight is 683 g/mol. The largest absolute Gasteiger partial charge is 0.383 e. The monoisotopic (exact) mass is 681 g/mol. The lowest BCUT2D eigenvalue weighted by Crippen LogP contribution is -1.99. The average Bonchev–Trinajstić information content (AvgIpc) is 3.56. The van der Waals surface area contributed by atoms with Gasteiger partial charge in [-0.3, -0.25) is 0 Å². The summed E-state index contributed by atoms with van der Waals surface area (Å²) in [6.45, 7) is 4.02. The summed E-state index contributed by atoms with van der Waals surface area (Å²) in [5, 5.41) is 10.3. The molecule has 0 aliphatic heterocycles. The lowest BCUT2D eigenvalue weighted by molar-refractivity contribution is -0.193. The molecule has 10 nitrogen and oxygen atoms in total. The highest BCUT2D eigenvalue weighted by Crippen LogP contribution is 2.38. The maximum Gasteiger partial charge on any atom is 0.373 e. The Morgan fingerprint density at radius 2 is 1.16 bits per heavy atom. The van der Waals surface area contributed by atoms with Gasteiger partial charge in [-0.25, -0.2) is 0 Å². The van der Waals surface area contributed by atoms with Crippen molar-refractivity contribution in [3.63, 3.8) is 0 Å². The number of aldehydes is 1. The van der Waals surface area contributed by atoms with Gasteiger partial charge in [0, 0.05) is 42.5 Å². The summed E-state index contributed by atoms with van der Waals surface area (Å²) in [4.78, 5) is 45.0. The smallest absolute Gasteiger partial charge is 0.373 e. The second-order valence-electron chi connectivity index (χ2n) is 8.52. The van der Waals surface area contributed by atoms with E-state index in [9.17, 15) is 4.79 Å². The molecule has 0 atom stereocenters. The van der Waals surface area contributed by atoms with Gasteiger partial charge >= 0.3 is 12.3 Å². The number of aromatic nitrogens is 2. The molecule has 2 heterocycles. The third-order valence-corrected chi connectivity index (χ3v) is 6.85. The molecule has 0 fully saturated rings. The fourth-order valence-corrected chi connectivity index (χ4v) is 4.95. The Balaban J connectivity index is 0.000000375. The maximum absolute atomic E-state index is 10.6. The Bertz CT molecular complexity index is 1570. The maximum atomic E-state index is 10.6. The van der Waals surface area contributed by atoms with E-state index in [2.05, 4.69) is 10.3 Å². The molecule has 0 saturated heterocycles. The van der Waals surface area contributed by atoms with E-state index in [1.54, 1.807) is 30.3 Å². The standard InChI is InChI=1S/C15H16Cl2N2O.C13H11Cl2NO2.2CO2/c1-4-10-13(8-9-19(2)3)20-18-15(10)14-11(16)6-5-7-12(14)17;1-2-8-11(6-7-17)18-16-13(8)12-9(14)4-3-5-10(12)15;2*2-1-3/h5-9H,4H2,1-3H3;3-5,7H,2,6H2,1H3;;/b9-8+;;;. The van der Waals surface area contributed by atoms with E-state index in [-0.39, 0.29) is 18.7 Å². The van der Waals surface area contributed by atoms with Gasteiger partial charge in [0.05, 0.1) is 26.5 Å². The Morgan fingerprint density at radius 3 is 1.55 bits per heavy atom. The van der Waals surface area contributed by atoms with Gasteiger partial charge in [-0.2, -0.15) is 19.2 Å². The van der Waals surface area contributed by atoms with Crippen molar-refractivity contribution >= 4 is 71.1 Å². The minimum absolute atomic E-state index is 0.207. The summed E-state index contributed by atoms with van der Waals surface area (Å²) in [6.07, 6.45) is 6.78. The number of benzene rings is 2. The first-order valence-electron chi connectivity index (χ1n) is 12.7. The zero-order valence-electron chi connectivity index (χ0n) is 24.0. The van der Waals surface area contributed by atoms with Crippen LogP contribution in [0.25, 0.3) is 28.6 Å². The van der Waals surface area contributed by atoms with Crippen LogP contribution in [-0.4, -0.2) is 47.9 Å². The van der Waals surface area contributed by atoms with E-state index in [4.69, 9.17) is 74.6 Å². The molecule has 0 unspecified atom stereocenters. The minimum Gasteiger partial charge on any atom is -0.383 e. The third-order valence-electron chi connectivity index (χ3n) is 5.59. The van der Waals surface area contributed by atoms with Gasteiger partial charge in [-0.05, 0) is 43.2 Å².